The minimum Gasteiger partial charge on any atom is -0.444 e. The molecule has 5 nitrogen and oxygen atoms in total. The number of hydrogen-bond acceptors (Lipinski definition) is 4. The van der Waals surface area contributed by atoms with Crippen LogP contribution in [-0.2, 0) is 6.54 Å². The second kappa shape index (κ2) is 9.59. The van der Waals surface area contributed by atoms with Crippen LogP contribution in [0, 0.1) is 13.8 Å². The smallest absolute Gasteiger partial charge is 0.216 e. The van der Waals surface area contributed by atoms with Gasteiger partial charge in [-0.3, -0.25) is 0 Å². The quantitative estimate of drug-likeness (QED) is 0.338. The van der Waals surface area contributed by atoms with E-state index in [1.165, 1.54) is 4.90 Å². The summed E-state index contributed by atoms with van der Waals surface area (Å²) in [6.07, 6.45) is 0. The predicted molar refractivity (Wildman–Crippen MR) is 101 cm³/mol. The Labute approximate surface area is 152 Å². The zero-order chi connectivity index (χ0) is 17.4. The van der Waals surface area contributed by atoms with Crippen molar-refractivity contribution in [2.24, 2.45) is 4.99 Å². The van der Waals surface area contributed by atoms with Crippen molar-refractivity contribution >= 4 is 29.3 Å². The number of thioether (sulfide) groups is 1. The van der Waals surface area contributed by atoms with Crippen molar-refractivity contribution in [1.82, 2.24) is 15.6 Å². The molecular weight excluding hydrogens is 344 g/mol. The number of halogens is 1. The van der Waals surface area contributed by atoms with Crippen LogP contribution < -0.4 is 10.6 Å². The van der Waals surface area contributed by atoms with Crippen LogP contribution in [0.5, 0.6) is 0 Å². The van der Waals surface area contributed by atoms with Crippen LogP contribution in [0.3, 0.4) is 0 Å². The summed E-state index contributed by atoms with van der Waals surface area (Å²) in [6.45, 7) is 7.92. The van der Waals surface area contributed by atoms with Gasteiger partial charge in [0.25, 0.3) is 0 Å². The second-order valence-electron chi connectivity index (χ2n) is 5.17. The molecule has 2 aromatic rings. The molecule has 0 saturated heterocycles. The third-order valence-electron chi connectivity index (χ3n) is 3.27. The molecule has 0 atom stereocenters. The highest BCUT2D eigenvalue weighted by molar-refractivity contribution is 7.99. The Hall–Kier alpha value is -1.66. The zero-order valence-electron chi connectivity index (χ0n) is 14.2. The summed E-state index contributed by atoms with van der Waals surface area (Å²) in [5.41, 5.74) is 0.914. The van der Waals surface area contributed by atoms with Gasteiger partial charge in [0.1, 0.15) is 12.3 Å². The van der Waals surface area contributed by atoms with Gasteiger partial charge >= 0.3 is 0 Å². The Morgan fingerprint density at radius 1 is 1.25 bits per heavy atom. The number of aliphatic imine (C=N–C) groups is 1. The fraction of sp³-hybridized carbons (Fsp3) is 0.412. The van der Waals surface area contributed by atoms with E-state index in [0.29, 0.717) is 12.4 Å². The SMILES string of the molecule is CCNC(=NCc1nc(C)c(C)o1)NCCSc1ccc(Cl)cc1. The van der Waals surface area contributed by atoms with E-state index in [1.807, 2.05) is 45.0 Å². The summed E-state index contributed by atoms with van der Waals surface area (Å²) in [5.74, 6) is 3.18. The number of rotatable bonds is 7. The van der Waals surface area contributed by atoms with Gasteiger partial charge < -0.3 is 15.1 Å². The molecule has 0 bridgehead atoms. The molecule has 0 fully saturated rings. The second-order valence-corrected chi connectivity index (χ2v) is 6.78. The number of hydrogen-bond donors (Lipinski definition) is 2. The molecule has 0 amide bonds. The molecule has 1 aromatic heterocycles. The Kier molecular flexibility index (Phi) is 7.46. The van der Waals surface area contributed by atoms with Crippen molar-refractivity contribution in [2.75, 3.05) is 18.8 Å². The van der Waals surface area contributed by atoms with Gasteiger partial charge in [-0.05, 0) is 45.0 Å². The Bertz CT molecular complexity index is 650. The van der Waals surface area contributed by atoms with Crippen LogP contribution >= 0.6 is 23.4 Å². The summed E-state index contributed by atoms with van der Waals surface area (Å²) >= 11 is 7.66. The number of benzene rings is 1. The number of aryl methyl sites for hydroxylation is 2. The number of nitrogens with one attached hydrogen (secondary N) is 2. The van der Waals surface area contributed by atoms with E-state index in [0.717, 1.165) is 41.3 Å². The molecule has 0 spiro atoms. The highest BCUT2D eigenvalue weighted by Crippen LogP contribution is 2.19. The summed E-state index contributed by atoms with van der Waals surface area (Å²) < 4.78 is 5.55. The molecule has 7 heteroatoms. The first-order valence-electron chi connectivity index (χ1n) is 7.92. The Morgan fingerprint density at radius 3 is 2.62 bits per heavy atom. The first kappa shape index (κ1) is 18.7. The summed E-state index contributed by atoms with van der Waals surface area (Å²) in [7, 11) is 0. The molecule has 1 heterocycles. The van der Waals surface area contributed by atoms with Crippen molar-refractivity contribution in [3.63, 3.8) is 0 Å². The lowest BCUT2D eigenvalue weighted by atomic mass is 10.4. The van der Waals surface area contributed by atoms with Gasteiger partial charge in [-0.1, -0.05) is 11.6 Å². The van der Waals surface area contributed by atoms with Crippen molar-refractivity contribution in [1.29, 1.82) is 0 Å². The van der Waals surface area contributed by atoms with Gasteiger partial charge in [0.2, 0.25) is 5.89 Å². The summed E-state index contributed by atoms with van der Waals surface area (Å²) in [6, 6.07) is 7.87. The predicted octanol–water partition coefficient (Wildman–Crippen LogP) is 3.79. The fourth-order valence-corrected chi connectivity index (χ4v) is 2.86. The van der Waals surface area contributed by atoms with Gasteiger partial charge in [-0.15, -0.1) is 11.8 Å². The highest BCUT2D eigenvalue weighted by atomic mass is 35.5. The topological polar surface area (TPSA) is 62.5 Å². The standard InChI is InChI=1S/C17H23ClN4OS/c1-4-19-17(21-11-16-22-12(2)13(3)23-16)20-9-10-24-15-7-5-14(18)6-8-15/h5-8H,4,9-11H2,1-3H3,(H2,19,20,21). The number of aromatic nitrogens is 1. The van der Waals surface area contributed by atoms with Crippen LogP contribution in [0.25, 0.3) is 0 Å². The third kappa shape index (κ3) is 6.09. The monoisotopic (exact) mass is 366 g/mol. The van der Waals surface area contributed by atoms with Gasteiger partial charge in [0, 0.05) is 28.8 Å². The largest absolute Gasteiger partial charge is 0.444 e. The summed E-state index contributed by atoms with van der Waals surface area (Å²) in [4.78, 5) is 10.0. The zero-order valence-corrected chi connectivity index (χ0v) is 15.8. The van der Waals surface area contributed by atoms with Crippen molar-refractivity contribution in [3.8, 4) is 0 Å². The van der Waals surface area contributed by atoms with Gasteiger partial charge in [0.05, 0.1) is 5.69 Å². The first-order chi connectivity index (χ1) is 11.6. The molecule has 0 unspecified atom stereocenters. The average molecular weight is 367 g/mol. The molecule has 2 N–H and O–H groups in total. The number of nitrogens with zero attached hydrogens (tertiary/aromatic N) is 2. The number of guanidine groups is 1. The average Bonchev–Trinajstić information content (AvgIpc) is 2.89. The fourth-order valence-electron chi connectivity index (χ4n) is 1.96. The maximum Gasteiger partial charge on any atom is 0.216 e. The minimum atomic E-state index is 0.425. The maximum atomic E-state index is 5.89. The van der Waals surface area contributed by atoms with E-state index in [-0.39, 0.29) is 0 Å². The molecule has 0 aliphatic heterocycles. The molecular formula is C17H23ClN4OS. The minimum absolute atomic E-state index is 0.425. The molecule has 0 saturated carbocycles. The van der Waals surface area contributed by atoms with Crippen LogP contribution in [0.15, 0.2) is 38.6 Å². The molecule has 0 radical (unpaired) electrons. The summed E-state index contributed by atoms with van der Waals surface area (Å²) in [5, 5.41) is 7.30. The van der Waals surface area contributed by atoms with Crippen molar-refractivity contribution in [3.05, 3.63) is 46.6 Å². The van der Waals surface area contributed by atoms with Crippen molar-refractivity contribution in [2.45, 2.75) is 32.2 Å². The maximum absolute atomic E-state index is 5.89. The lowest BCUT2D eigenvalue weighted by Crippen LogP contribution is -2.38. The highest BCUT2D eigenvalue weighted by Gasteiger charge is 2.05. The van der Waals surface area contributed by atoms with Gasteiger partial charge in [0.15, 0.2) is 5.96 Å². The van der Waals surface area contributed by atoms with E-state index in [9.17, 15) is 0 Å². The van der Waals surface area contributed by atoms with Crippen molar-refractivity contribution < 1.29 is 4.42 Å². The van der Waals surface area contributed by atoms with E-state index in [4.69, 9.17) is 16.0 Å². The van der Waals surface area contributed by atoms with E-state index in [2.05, 4.69) is 20.6 Å². The van der Waals surface area contributed by atoms with Crippen LogP contribution in [-0.4, -0.2) is 29.8 Å². The lowest BCUT2D eigenvalue weighted by Gasteiger charge is -2.10. The van der Waals surface area contributed by atoms with Crippen LogP contribution in [0.1, 0.15) is 24.3 Å². The van der Waals surface area contributed by atoms with Gasteiger partial charge in [-0.2, -0.15) is 0 Å². The van der Waals surface area contributed by atoms with Crippen LogP contribution in [0.4, 0.5) is 0 Å². The molecule has 2 rings (SSSR count). The van der Waals surface area contributed by atoms with E-state index in [1.54, 1.807) is 11.8 Å². The van der Waals surface area contributed by atoms with Gasteiger partial charge in [-0.25, -0.2) is 9.98 Å². The first-order valence-corrected chi connectivity index (χ1v) is 9.28. The Balaban J connectivity index is 1.79. The molecule has 24 heavy (non-hydrogen) atoms. The van der Waals surface area contributed by atoms with E-state index >= 15 is 0 Å². The lowest BCUT2D eigenvalue weighted by molar-refractivity contribution is 0.473. The normalized spacial score (nSPS) is 11.6. The molecule has 130 valence electrons. The molecule has 0 aliphatic carbocycles. The Morgan fingerprint density at radius 2 is 2.00 bits per heavy atom. The van der Waals surface area contributed by atoms with E-state index < -0.39 is 0 Å². The van der Waals surface area contributed by atoms with Crippen LogP contribution in [0.2, 0.25) is 5.02 Å². The molecule has 1 aromatic carbocycles. The molecule has 0 aliphatic rings. The number of oxazole rings is 1. The third-order valence-corrected chi connectivity index (χ3v) is 4.53.